The third kappa shape index (κ3) is 2.12. The quantitative estimate of drug-likeness (QED) is 0.781. The number of amides is 1. The molecule has 0 spiro atoms. The fraction of sp³-hybridized carbons (Fsp3) is 0.867. The Morgan fingerprint density at radius 3 is 2.55 bits per heavy atom. The molecule has 2 rings (SSSR count). The number of rotatable bonds is 4. The van der Waals surface area contributed by atoms with Gasteiger partial charge in [0.1, 0.15) is 6.04 Å². The van der Waals surface area contributed by atoms with E-state index < -0.39 is 12.1 Å². The number of hydrogen-bond acceptors (Lipinski definition) is 4. The van der Waals surface area contributed by atoms with E-state index in [0.717, 1.165) is 6.42 Å². The van der Waals surface area contributed by atoms with Crippen LogP contribution in [-0.4, -0.2) is 42.5 Å². The minimum absolute atomic E-state index is 0.113. The minimum atomic E-state index is -0.534. The smallest absolute Gasteiger partial charge is 0.328 e. The Hall–Kier alpha value is -1.10. The number of carbonyl (C=O) groups excluding carboxylic acids is 2. The minimum Gasteiger partial charge on any atom is -0.467 e. The maximum absolute atomic E-state index is 12.5. The van der Waals surface area contributed by atoms with Crippen molar-refractivity contribution in [3.63, 3.8) is 0 Å². The molecular weight excluding hydrogens is 256 g/mol. The molecule has 1 amide bonds. The molecule has 1 saturated carbocycles. The summed E-state index contributed by atoms with van der Waals surface area (Å²) in [5, 5.41) is 0. The number of nitrogens with two attached hydrogens (primary N) is 1. The molecule has 2 aliphatic rings. The first kappa shape index (κ1) is 15.3. The zero-order chi connectivity index (χ0) is 15.2. The van der Waals surface area contributed by atoms with Crippen molar-refractivity contribution in [2.24, 2.45) is 28.9 Å². The highest BCUT2D eigenvalue weighted by molar-refractivity contribution is 5.89. The molecule has 0 bridgehead atoms. The molecule has 20 heavy (non-hydrogen) atoms. The number of likely N-dealkylation sites (tertiary alicyclic amines) is 1. The van der Waals surface area contributed by atoms with Crippen molar-refractivity contribution in [2.75, 3.05) is 13.7 Å². The standard InChI is InChI=1S/C15H26N2O3/c1-6-8(2)11(16)13(18)17-7-9-10(15(9,3)4)12(17)14(19)20-5/h8-12H,6-7,16H2,1-5H3/t8-,9+,10+,11+,12+/m1/s1. The Labute approximate surface area is 120 Å². The van der Waals surface area contributed by atoms with Crippen molar-refractivity contribution in [1.82, 2.24) is 4.90 Å². The Kier molecular flexibility index (Phi) is 3.84. The van der Waals surface area contributed by atoms with Crippen LogP contribution in [0.2, 0.25) is 0 Å². The summed E-state index contributed by atoms with van der Waals surface area (Å²) in [4.78, 5) is 26.3. The number of nitrogens with zero attached hydrogens (tertiary/aromatic N) is 1. The maximum Gasteiger partial charge on any atom is 0.328 e. The van der Waals surface area contributed by atoms with Crippen LogP contribution < -0.4 is 5.73 Å². The lowest BCUT2D eigenvalue weighted by molar-refractivity contribution is -0.153. The van der Waals surface area contributed by atoms with Gasteiger partial charge < -0.3 is 15.4 Å². The van der Waals surface area contributed by atoms with Gasteiger partial charge in [0.25, 0.3) is 0 Å². The molecule has 0 aromatic heterocycles. The van der Waals surface area contributed by atoms with Crippen LogP contribution >= 0.6 is 0 Å². The van der Waals surface area contributed by atoms with E-state index in [9.17, 15) is 9.59 Å². The highest BCUT2D eigenvalue weighted by Crippen LogP contribution is 2.65. The monoisotopic (exact) mass is 282 g/mol. The molecule has 1 saturated heterocycles. The molecule has 1 aliphatic heterocycles. The van der Waals surface area contributed by atoms with Crippen LogP contribution in [0.1, 0.15) is 34.1 Å². The number of fused-ring (bicyclic) bond motifs is 1. The zero-order valence-corrected chi connectivity index (χ0v) is 13.1. The predicted octanol–water partition coefficient (Wildman–Crippen LogP) is 1.02. The molecule has 0 aromatic rings. The lowest BCUT2D eigenvalue weighted by Gasteiger charge is -2.32. The first-order valence-electron chi connectivity index (χ1n) is 7.41. The summed E-state index contributed by atoms with van der Waals surface area (Å²) in [7, 11) is 1.38. The first-order chi connectivity index (χ1) is 9.27. The maximum atomic E-state index is 12.5. The van der Waals surface area contributed by atoms with Crippen molar-refractivity contribution in [3.05, 3.63) is 0 Å². The average molecular weight is 282 g/mol. The molecule has 1 heterocycles. The summed E-state index contributed by atoms with van der Waals surface area (Å²) < 4.78 is 4.90. The molecule has 0 unspecified atom stereocenters. The van der Waals surface area contributed by atoms with E-state index in [-0.39, 0.29) is 29.1 Å². The van der Waals surface area contributed by atoms with Crippen LogP contribution in [0.5, 0.6) is 0 Å². The van der Waals surface area contributed by atoms with Crippen molar-refractivity contribution >= 4 is 11.9 Å². The molecule has 2 fully saturated rings. The van der Waals surface area contributed by atoms with Crippen LogP contribution in [0.4, 0.5) is 0 Å². The number of carbonyl (C=O) groups is 2. The predicted molar refractivity (Wildman–Crippen MR) is 75.7 cm³/mol. The van der Waals surface area contributed by atoms with Crippen molar-refractivity contribution in [3.8, 4) is 0 Å². The van der Waals surface area contributed by atoms with Gasteiger partial charge in [-0.15, -0.1) is 0 Å². The Balaban J connectivity index is 2.16. The summed E-state index contributed by atoms with van der Waals surface area (Å²) in [5.41, 5.74) is 6.16. The van der Waals surface area contributed by atoms with Gasteiger partial charge in [-0.05, 0) is 17.3 Å². The fourth-order valence-corrected chi connectivity index (χ4v) is 3.59. The zero-order valence-electron chi connectivity index (χ0n) is 13.1. The number of hydrogen-bond donors (Lipinski definition) is 1. The van der Waals surface area contributed by atoms with E-state index >= 15 is 0 Å². The van der Waals surface area contributed by atoms with E-state index in [4.69, 9.17) is 10.5 Å². The molecule has 5 atom stereocenters. The normalized spacial score (nSPS) is 33.3. The lowest BCUT2D eigenvalue weighted by Crippen LogP contribution is -2.53. The number of esters is 1. The Morgan fingerprint density at radius 1 is 1.45 bits per heavy atom. The molecule has 0 aromatic carbocycles. The van der Waals surface area contributed by atoms with Crippen LogP contribution in [0, 0.1) is 23.2 Å². The molecule has 2 N–H and O–H groups in total. The van der Waals surface area contributed by atoms with Gasteiger partial charge in [0, 0.05) is 12.5 Å². The topological polar surface area (TPSA) is 72.6 Å². The number of piperidine rings is 1. The third-order valence-corrected chi connectivity index (χ3v) is 5.48. The summed E-state index contributed by atoms with van der Waals surface area (Å²) in [6.45, 7) is 8.90. The highest BCUT2D eigenvalue weighted by Gasteiger charge is 2.69. The van der Waals surface area contributed by atoms with Gasteiger partial charge in [0.2, 0.25) is 5.91 Å². The second-order valence-corrected chi connectivity index (χ2v) is 6.82. The van der Waals surface area contributed by atoms with E-state index in [2.05, 4.69) is 13.8 Å². The molecule has 114 valence electrons. The van der Waals surface area contributed by atoms with Crippen LogP contribution in [-0.2, 0) is 14.3 Å². The summed E-state index contributed by atoms with van der Waals surface area (Å²) >= 11 is 0. The van der Waals surface area contributed by atoms with Crippen molar-refractivity contribution in [1.29, 1.82) is 0 Å². The van der Waals surface area contributed by atoms with Crippen LogP contribution in [0.15, 0.2) is 0 Å². The van der Waals surface area contributed by atoms with Crippen LogP contribution in [0.25, 0.3) is 0 Å². The lowest BCUT2D eigenvalue weighted by atomic mass is 9.96. The second-order valence-electron chi connectivity index (χ2n) is 6.82. The number of ether oxygens (including phenoxy) is 1. The fourth-order valence-electron chi connectivity index (χ4n) is 3.59. The van der Waals surface area contributed by atoms with E-state index in [1.54, 1.807) is 4.90 Å². The van der Waals surface area contributed by atoms with Gasteiger partial charge in [-0.2, -0.15) is 0 Å². The van der Waals surface area contributed by atoms with Gasteiger partial charge in [0.15, 0.2) is 0 Å². The third-order valence-electron chi connectivity index (χ3n) is 5.48. The second kappa shape index (κ2) is 5.02. The number of methoxy groups -OCH3 is 1. The van der Waals surface area contributed by atoms with Gasteiger partial charge >= 0.3 is 5.97 Å². The van der Waals surface area contributed by atoms with Crippen molar-refractivity contribution in [2.45, 2.75) is 46.2 Å². The highest BCUT2D eigenvalue weighted by atomic mass is 16.5. The van der Waals surface area contributed by atoms with Gasteiger partial charge in [-0.1, -0.05) is 34.1 Å². The first-order valence-corrected chi connectivity index (χ1v) is 7.41. The Morgan fingerprint density at radius 2 is 2.05 bits per heavy atom. The van der Waals surface area contributed by atoms with Crippen molar-refractivity contribution < 1.29 is 14.3 Å². The van der Waals surface area contributed by atoms with Crippen LogP contribution in [0.3, 0.4) is 0 Å². The van der Waals surface area contributed by atoms with Gasteiger partial charge in [0.05, 0.1) is 13.2 Å². The Bertz CT molecular complexity index is 421. The summed E-state index contributed by atoms with van der Waals surface area (Å²) in [6.07, 6.45) is 0.849. The molecule has 0 radical (unpaired) electrons. The largest absolute Gasteiger partial charge is 0.467 e. The van der Waals surface area contributed by atoms with Gasteiger partial charge in [-0.25, -0.2) is 4.79 Å². The van der Waals surface area contributed by atoms with Gasteiger partial charge in [-0.3, -0.25) is 4.79 Å². The average Bonchev–Trinajstić information content (AvgIpc) is 2.81. The molecular formula is C15H26N2O3. The molecule has 5 heteroatoms. The van der Waals surface area contributed by atoms with E-state index in [1.165, 1.54) is 7.11 Å². The molecule has 5 nitrogen and oxygen atoms in total. The SMILES string of the molecule is CC[C@@H](C)[C@H](N)C(=O)N1C[C@H]2[C@@H]([C@H]1C(=O)OC)C2(C)C. The molecule has 1 aliphatic carbocycles. The summed E-state index contributed by atoms with van der Waals surface area (Å²) in [6, 6.07) is -0.990. The summed E-state index contributed by atoms with van der Waals surface area (Å²) in [5.74, 6) is 0.291. The van der Waals surface area contributed by atoms with E-state index in [0.29, 0.717) is 12.5 Å². The van der Waals surface area contributed by atoms with E-state index in [1.807, 2.05) is 13.8 Å².